The Balaban J connectivity index is 1.51. The fourth-order valence-corrected chi connectivity index (χ4v) is 5.39. The van der Waals surface area contributed by atoms with E-state index in [1.165, 1.54) is 36.1 Å². The van der Waals surface area contributed by atoms with Crippen molar-refractivity contribution in [3.05, 3.63) is 47.2 Å². The number of fused-ring (bicyclic) bond motifs is 2. The third-order valence-corrected chi connectivity index (χ3v) is 6.75. The predicted molar refractivity (Wildman–Crippen MR) is 109 cm³/mol. The summed E-state index contributed by atoms with van der Waals surface area (Å²) < 4.78 is 0. The first-order valence-electron chi connectivity index (χ1n) is 10.5. The first-order valence-corrected chi connectivity index (χ1v) is 10.5. The van der Waals surface area contributed by atoms with E-state index in [1.807, 2.05) is 0 Å². The summed E-state index contributed by atoms with van der Waals surface area (Å²) >= 11 is 0. The number of nitrogens with one attached hydrogen (secondary N) is 1. The van der Waals surface area contributed by atoms with Gasteiger partial charge in [-0.1, -0.05) is 30.3 Å². The lowest BCUT2D eigenvalue weighted by molar-refractivity contribution is 0.409. The van der Waals surface area contributed by atoms with Crippen LogP contribution in [0.3, 0.4) is 0 Å². The third-order valence-electron chi connectivity index (χ3n) is 6.75. The number of hydrogen-bond donors (Lipinski definition) is 2. The number of anilines is 2. The van der Waals surface area contributed by atoms with Crippen molar-refractivity contribution < 1.29 is 0 Å². The molecule has 3 N–H and O–H groups in total. The predicted octanol–water partition coefficient (Wildman–Crippen LogP) is 2.96. The van der Waals surface area contributed by atoms with Crippen LogP contribution < -0.4 is 16.0 Å². The molecule has 5 nitrogen and oxygen atoms in total. The minimum Gasteiger partial charge on any atom is -0.368 e. The summed E-state index contributed by atoms with van der Waals surface area (Å²) in [6.07, 6.45) is 5.95. The molecule has 2 saturated heterocycles. The molecule has 27 heavy (non-hydrogen) atoms. The summed E-state index contributed by atoms with van der Waals surface area (Å²) in [7, 11) is 0. The van der Waals surface area contributed by atoms with Crippen molar-refractivity contribution in [3.8, 4) is 0 Å². The molecule has 142 valence electrons. The van der Waals surface area contributed by atoms with E-state index in [0.717, 1.165) is 56.7 Å². The second-order valence-electron chi connectivity index (χ2n) is 8.38. The van der Waals surface area contributed by atoms with Gasteiger partial charge < -0.3 is 16.0 Å². The Morgan fingerprint density at radius 1 is 0.963 bits per heavy atom. The first-order chi connectivity index (χ1) is 13.3. The van der Waals surface area contributed by atoms with Crippen LogP contribution in [0.25, 0.3) is 0 Å². The molecule has 0 spiro atoms. The molecule has 1 aromatic carbocycles. The Labute approximate surface area is 161 Å². The van der Waals surface area contributed by atoms with Crippen LogP contribution in [0, 0.1) is 11.8 Å². The number of nitrogen functional groups attached to an aromatic ring is 1. The summed E-state index contributed by atoms with van der Waals surface area (Å²) in [5.41, 5.74) is 10.1. The van der Waals surface area contributed by atoms with Gasteiger partial charge >= 0.3 is 0 Å². The monoisotopic (exact) mass is 363 g/mol. The Bertz CT molecular complexity index is 792. The maximum atomic E-state index is 6.20. The van der Waals surface area contributed by atoms with Gasteiger partial charge in [-0.2, -0.15) is 4.98 Å². The number of nitrogens with two attached hydrogens (primary N) is 1. The van der Waals surface area contributed by atoms with Gasteiger partial charge in [0.2, 0.25) is 5.95 Å². The lowest BCUT2D eigenvalue weighted by atomic mass is 9.82. The molecule has 2 fully saturated rings. The molecule has 3 atom stereocenters. The van der Waals surface area contributed by atoms with Crippen molar-refractivity contribution in [1.82, 2.24) is 15.3 Å². The largest absolute Gasteiger partial charge is 0.368 e. The molecule has 0 saturated carbocycles. The van der Waals surface area contributed by atoms with Gasteiger partial charge in [-0.05, 0) is 62.6 Å². The van der Waals surface area contributed by atoms with Crippen molar-refractivity contribution in [2.24, 2.45) is 11.8 Å². The SMILES string of the molecule is Nc1nc2c(c(N3CC4CCNCCC4C3)n1)CCCC2c1ccccc1. The highest BCUT2D eigenvalue weighted by atomic mass is 15.2. The van der Waals surface area contributed by atoms with Crippen LogP contribution in [0.15, 0.2) is 30.3 Å². The summed E-state index contributed by atoms with van der Waals surface area (Å²) in [6, 6.07) is 10.8. The Morgan fingerprint density at radius 2 is 1.70 bits per heavy atom. The van der Waals surface area contributed by atoms with E-state index in [9.17, 15) is 0 Å². The van der Waals surface area contributed by atoms with E-state index in [1.54, 1.807) is 0 Å². The molecule has 3 heterocycles. The standard InChI is InChI=1S/C22H29N5/c23-22-25-20-18(15-5-2-1-3-6-15)7-4-8-19(20)21(26-22)27-13-16-9-11-24-12-10-17(16)14-27/h1-3,5-6,16-18,24H,4,7-14H2,(H2,23,25,26). The number of rotatable bonds is 2. The van der Waals surface area contributed by atoms with Gasteiger partial charge in [0.25, 0.3) is 0 Å². The van der Waals surface area contributed by atoms with Crippen LogP contribution in [0.1, 0.15) is 48.4 Å². The summed E-state index contributed by atoms with van der Waals surface area (Å²) in [5.74, 6) is 3.46. The molecule has 2 aromatic rings. The third kappa shape index (κ3) is 3.18. The van der Waals surface area contributed by atoms with E-state index in [2.05, 4.69) is 40.5 Å². The molecular formula is C22H29N5. The zero-order valence-corrected chi connectivity index (χ0v) is 15.9. The van der Waals surface area contributed by atoms with Gasteiger partial charge in [-0.3, -0.25) is 0 Å². The van der Waals surface area contributed by atoms with Crippen LogP contribution in [-0.2, 0) is 6.42 Å². The van der Waals surface area contributed by atoms with E-state index in [0.29, 0.717) is 11.9 Å². The lowest BCUT2D eigenvalue weighted by Gasteiger charge is -2.29. The van der Waals surface area contributed by atoms with Gasteiger partial charge in [-0.25, -0.2) is 4.98 Å². The quantitative estimate of drug-likeness (QED) is 0.859. The molecular weight excluding hydrogens is 334 g/mol. The van der Waals surface area contributed by atoms with Crippen molar-refractivity contribution in [2.75, 3.05) is 36.8 Å². The van der Waals surface area contributed by atoms with Crippen molar-refractivity contribution >= 4 is 11.8 Å². The topological polar surface area (TPSA) is 67.1 Å². The molecule has 5 heteroatoms. The van der Waals surface area contributed by atoms with Gasteiger partial charge in [0, 0.05) is 24.6 Å². The Kier molecular flexibility index (Phi) is 4.48. The molecule has 1 aliphatic carbocycles. The highest BCUT2D eigenvalue weighted by molar-refractivity contribution is 5.56. The minimum absolute atomic E-state index is 0.344. The molecule has 0 amide bonds. The van der Waals surface area contributed by atoms with E-state index < -0.39 is 0 Å². The van der Waals surface area contributed by atoms with Crippen LogP contribution in [0.2, 0.25) is 0 Å². The zero-order valence-electron chi connectivity index (χ0n) is 15.9. The number of benzene rings is 1. The van der Waals surface area contributed by atoms with Crippen molar-refractivity contribution in [3.63, 3.8) is 0 Å². The molecule has 0 radical (unpaired) electrons. The average molecular weight is 364 g/mol. The lowest BCUT2D eigenvalue weighted by Crippen LogP contribution is -2.27. The highest BCUT2D eigenvalue weighted by Crippen LogP contribution is 2.41. The number of hydrogen-bond acceptors (Lipinski definition) is 5. The average Bonchev–Trinajstić information content (AvgIpc) is 2.98. The summed E-state index contributed by atoms with van der Waals surface area (Å²) in [5, 5.41) is 3.55. The number of nitrogens with zero attached hydrogens (tertiary/aromatic N) is 3. The van der Waals surface area contributed by atoms with Crippen LogP contribution in [0.5, 0.6) is 0 Å². The summed E-state index contributed by atoms with van der Waals surface area (Å²) in [4.78, 5) is 12.0. The van der Waals surface area contributed by atoms with E-state index in [4.69, 9.17) is 15.7 Å². The second-order valence-corrected chi connectivity index (χ2v) is 8.38. The van der Waals surface area contributed by atoms with E-state index >= 15 is 0 Å². The van der Waals surface area contributed by atoms with E-state index in [-0.39, 0.29) is 0 Å². The zero-order chi connectivity index (χ0) is 18.2. The summed E-state index contributed by atoms with van der Waals surface area (Å²) in [6.45, 7) is 4.53. The highest BCUT2D eigenvalue weighted by Gasteiger charge is 2.36. The molecule has 1 aromatic heterocycles. The van der Waals surface area contributed by atoms with Gasteiger partial charge in [0.1, 0.15) is 5.82 Å². The maximum Gasteiger partial charge on any atom is 0.222 e. The fraction of sp³-hybridized carbons (Fsp3) is 0.545. The van der Waals surface area contributed by atoms with Gasteiger partial charge in [0.05, 0.1) is 5.69 Å². The fourth-order valence-electron chi connectivity index (χ4n) is 5.39. The molecule has 5 rings (SSSR count). The van der Waals surface area contributed by atoms with Crippen molar-refractivity contribution in [1.29, 1.82) is 0 Å². The maximum absolute atomic E-state index is 6.20. The second kappa shape index (κ2) is 7.12. The van der Waals surface area contributed by atoms with Gasteiger partial charge in [-0.15, -0.1) is 0 Å². The minimum atomic E-state index is 0.344. The number of aromatic nitrogens is 2. The first kappa shape index (κ1) is 17.0. The smallest absolute Gasteiger partial charge is 0.222 e. The molecule has 0 bridgehead atoms. The Hall–Kier alpha value is -2.14. The molecule has 3 aliphatic rings. The van der Waals surface area contributed by atoms with Crippen LogP contribution in [0.4, 0.5) is 11.8 Å². The molecule has 3 unspecified atom stereocenters. The molecule has 2 aliphatic heterocycles. The van der Waals surface area contributed by atoms with Crippen LogP contribution >= 0.6 is 0 Å². The van der Waals surface area contributed by atoms with Crippen LogP contribution in [-0.4, -0.2) is 36.1 Å². The normalized spacial score (nSPS) is 27.7. The van der Waals surface area contributed by atoms with Crippen molar-refractivity contribution in [2.45, 2.75) is 38.0 Å². The van der Waals surface area contributed by atoms with Gasteiger partial charge in [0.15, 0.2) is 0 Å². The Morgan fingerprint density at radius 3 is 2.44 bits per heavy atom.